The monoisotopic (exact) mass is 387 g/mol. The molecule has 3 rings (SSSR count). The number of hydrogen-bond donors (Lipinski definition) is 2. The zero-order chi connectivity index (χ0) is 16.9. The zero-order valence-corrected chi connectivity index (χ0v) is 14.4. The first-order chi connectivity index (χ1) is 11.6. The van der Waals surface area contributed by atoms with Gasteiger partial charge in [0, 0.05) is 11.9 Å². The number of aromatic nitrogens is 2. The quantitative estimate of drug-likeness (QED) is 0.584. The molecule has 7 nitrogen and oxygen atoms in total. The molecule has 0 amide bonds. The van der Waals surface area contributed by atoms with Gasteiger partial charge in [-0.25, -0.2) is 4.98 Å². The average molecular weight is 388 g/mol. The molecule has 3 aromatic rings. The molecule has 2 N–H and O–H groups in total. The van der Waals surface area contributed by atoms with Crippen LogP contribution in [0.25, 0.3) is 0 Å². The normalized spacial score (nSPS) is 10.4. The smallest absolute Gasteiger partial charge is 0.229 e. The fraction of sp³-hybridized carbons (Fsp3) is 0.125. The van der Waals surface area contributed by atoms with E-state index in [0.717, 1.165) is 16.0 Å². The lowest BCUT2D eigenvalue weighted by Crippen LogP contribution is -2.04. The Balaban J connectivity index is 1.74. The van der Waals surface area contributed by atoms with E-state index in [0.29, 0.717) is 29.7 Å². The van der Waals surface area contributed by atoms with Gasteiger partial charge in [-0.3, -0.25) is 0 Å². The predicted molar refractivity (Wildman–Crippen MR) is 95.7 cm³/mol. The van der Waals surface area contributed by atoms with Gasteiger partial charge in [0.25, 0.3) is 0 Å². The third kappa shape index (κ3) is 3.96. The number of hydrogen-bond acceptors (Lipinski definition) is 7. The summed E-state index contributed by atoms with van der Waals surface area (Å²) in [7, 11) is 0. The van der Waals surface area contributed by atoms with Crippen molar-refractivity contribution in [3.8, 4) is 0 Å². The van der Waals surface area contributed by atoms with Crippen LogP contribution >= 0.6 is 15.9 Å². The molecule has 0 aliphatic carbocycles. The van der Waals surface area contributed by atoms with Crippen LogP contribution in [0.1, 0.15) is 11.5 Å². The lowest BCUT2D eigenvalue weighted by molar-refractivity contribution is 0.490. The van der Waals surface area contributed by atoms with E-state index in [1.54, 1.807) is 30.5 Å². The Bertz CT molecular complexity index is 865. The standard InChI is InChI=1S/C16H14BrN5O2/c1-10-5-6-13(24-10)8-18-15-14(17)9-19-16(21-15)20-11-3-2-4-12(7-11)22-23/h2-7,9H,8H2,1H3,(H2,18,19,20,21). The summed E-state index contributed by atoms with van der Waals surface area (Å²) in [6.07, 6.45) is 1.65. The summed E-state index contributed by atoms with van der Waals surface area (Å²) in [5, 5.41) is 9.14. The first kappa shape index (κ1) is 16.1. The van der Waals surface area contributed by atoms with Crippen LogP contribution in [0.15, 0.2) is 56.7 Å². The fourth-order valence-electron chi connectivity index (χ4n) is 2.07. The Morgan fingerprint density at radius 2 is 2.17 bits per heavy atom. The third-order valence-electron chi connectivity index (χ3n) is 3.18. The molecule has 0 aliphatic heterocycles. The van der Waals surface area contributed by atoms with Gasteiger partial charge in [0.1, 0.15) is 23.0 Å². The number of halogens is 1. The highest BCUT2D eigenvalue weighted by Crippen LogP contribution is 2.24. The van der Waals surface area contributed by atoms with Crippen molar-refractivity contribution in [2.45, 2.75) is 13.5 Å². The number of nitrogens with one attached hydrogen (secondary N) is 2. The number of anilines is 3. The molecule has 0 radical (unpaired) electrons. The highest BCUT2D eigenvalue weighted by atomic mass is 79.9. The van der Waals surface area contributed by atoms with E-state index in [4.69, 9.17) is 4.42 Å². The van der Waals surface area contributed by atoms with Crippen LogP contribution < -0.4 is 10.6 Å². The van der Waals surface area contributed by atoms with E-state index < -0.39 is 0 Å². The van der Waals surface area contributed by atoms with E-state index in [1.165, 1.54) is 0 Å². The maximum absolute atomic E-state index is 10.6. The summed E-state index contributed by atoms with van der Waals surface area (Å²) in [5.74, 6) is 2.71. The molecule has 1 aromatic carbocycles. The molecule has 0 unspecified atom stereocenters. The Kier molecular flexibility index (Phi) is 4.85. The highest BCUT2D eigenvalue weighted by molar-refractivity contribution is 9.10. The molecule has 0 spiro atoms. The molecule has 0 fully saturated rings. The average Bonchev–Trinajstić information content (AvgIpc) is 3.01. The molecule has 2 heterocycles. The molecule has 0 saturated carbocycles. The van der Waals surface area contributed by atoms with E-state index in [-0.39, 0.29) is 0 Å². The Morgan fingerprint density at radius 1 is 1.29 bits per heavy atom. The minimum Gasteiger partial charge on any atom is -0.465 e. The number of benzene rings is 1. The van der Waals surface area contributed by atoms with Gasteiger partial charge in [-0.1, -0.05) is 6.07 Å². The van der Waals surface area contributed by atoms with Gasteiger partial charge in [0.2, 0.25) is 5.95 Å². The van der Waals surface area contributed by atoms with Crippen molar-refractivity contribution < 1.29 is 4.42 Å². The Morgan fingerprint density at radius 3 is 2.92 bits per heavy atom. The molecular formula is C16H14BrN5O2. The lowest BCUT2D eigenvalue weighted by Gasteiger charge is -2.09. The van der Waals surface area contributed by atoms with E-state index >= 15 is 0 Å². The second-order valence-electron chi connectivity index (χ2n) is 5.02. The van der Waals surface area contributed by atoms with Crippen molar-refractivity contribution in [2.24, 2.45) is 5.18 Å². The Labute approximate surface area is 146 Å². The van der Waals surface area contributed by atoms with Gasteiger partial charge in [-0.2, -0.15) is 4.98 Å². The topological polar surface area (TPSA) is 92.4 Å². The molecular weight excluding hydrogens is 374 g/mol. The number of nitrogens with zero attached hydrogens (tertiary/aromatic N) is 3. The molecule has 2 aromatic heterocycles. The number of rotatable bonds is 6. The molecule has 24 heavy (non-hydrogen) atoms. The predicted octanol–water partition coefficient (Wildman–Crippen LogP) is 4.89. The van der Waals surface area contributed by atoms with Crippen LogP contribution in [0, 0.1) is 11.8 Å². The van der Waals surface area contributed by atoms with Crippen LogP contribution in [0.3, 0.4) is 0 Å². The summed E-state index contributed by atoms with van der Waals surface area (Å²) in [6, 6.07) is 10.6. The third-order valence-corrected chi connectivity index (χ3v) is 3.76. The van der Waals surface area contributed by atoms with Crippen LogP contribution in [0.4, 0.5) is 23.1 Å². The SMILES string of the molecule is Cc1ccc(CNc2nc(Nc3cccc(N=O)c3)ncc2Br)o1. The van der Waals surface area contributed by atoms with E-state index in [2.05, 4.69) is 41.7 Å². The maximum Gasteiger partial charge on any atom is 0.229 e. The molecule has 0 saturated heterocycles. The van der Waals surface area contributed by atoms with Crippen molar-refractivity contribution in [1.82, 2.24) is 9.97 Å². The van der Waals surface area contributed by atoms with Crippen LogP contribution in [-0.2, 0) is 6.54 Å². The fourth-order valence-corrected chi connectivity index (χ4v) is 2.40. The number of aryl methyl sites for hydroxylation is 1. The lowest BCUT2D eigenvalue weighted by atomic mass is 10.3. The van der Waals surface area contributed by atoms with Gasteiger partial charge >= 0.3 is 0 Å². The van der Waals surface area contributed by atoms with Gasteiger partial charge in [-0.15, -0.1) is 4.91 Å². The molecule has 0 aliphatic rings. The summed E-state index contributed by atoms with van der Waals surface area (Å²) < 4.78 is 6.26. The van der Waals surface area contributed by atoms with Gasteiger partial charge in [-0.05, 0) is 58.4 Å². The second-order valence-corrected chi connectivity index (χ2v) is 5.88. The molecule has 0 bridgehead atoms. The minimum atomic E-state index is 0.337. The highest BCUT2D eigenvalue weighted by Gasteiger charge is 2.07. The van der Waals surface area contributed by atoms with Crippen molar-refractivity contribution in [3.63, 3.8) is 0 Å². The summed E-state index contributed by atoms with van der Waals surface area (Å²) in [4.78, 5) is 19.2. The van der Waals surface area contributed by atoms with Crippen LogP contribution in [0.2, 0.25) is 0 Å². The van der Waals surface area contributed by atoms with Crippen LogP contribution in [-0.4, -0.2) is 9.97 Å². The van der Waals surface area contributed by atoms with Crippen molar-refractivity contribution in [1.29, 1.82) is 0 Å². The first-order valence-corrected chi connectivity index (χ1v) is 7.95. The summed E-state index contributed by atoms with van der Waals surface area (Å²) >= 11 is 3.42. The van der Waals surface area contributed by atoms with E-state index in [1.807, 2.05) is 19.1 Å². The first-order valence-electron chi connectivity index (χ1n) is 7.16. The number of nitroso groups, excluding NO2 is 1. The van der Waals surface area contributed by atoms with Crippen LogP contribution in [0.5, 0.6) is 0 Å². The van der Waals surface area contributed by atoms with Crippen molar-refractivity contribution in [3.05, 3.63) is 63.5 Å². The Hall–Kier alpha value is -2.74. The minimum absolute atomic E-state index is 0.337. The maximum atomic E-state index is 10.6. The van der Waals surface area contributed by atoms with Gasteiger partial charge < -0.3 is 15.1 Å². The second kappa shape index (κ2) is 7.22. The molecule has 0 atom stereocenters. The van der Waals surface area contributed by atoms with Crippen molar-refractivity contribution >= 4 is 39.1 Å². The van der Waals surface area contributed by atoms with Crippen molar-refractivity contribution in [2.75, 3.05) is 10.6 Å². The zero-order valence-electron chi connectivity index (χ0n) is 12.8. The summed E-state index contributed by atoms with van der Waals surface area (Å²) in [5.41, 5.74) is 1.02. The summed E-state index contributed by atoms with van der Waals surface area (Å²) in [6.45, 7) is 2.40. The molecule has 122 valence electrons. The van der Waals surface area contributed by atoms with Gasteiger partial charge in [0.05, 0.1) is 11.0 Å². The molecule has 8 heteroatoms. The number of furan rings is 1. The van der Waals surface area contributed by atoms with E-state index in [9.17, 15) is 4.91 Å². The van der Waals surface area contributed by atoms with Gasteiger partial charge in [0.15, 0.2) is 0 Å². The largest absolute Gasteiger partial charge is 0.465 e.